The van der Waals surface area contributed by atoms with E-state index in [9.17, 15) is 18.3 Å². The topological polar surface area (TPSA) is 111 Å². The third-order valence-corrected chi connectivity index (χ3v) is 5.75. The number of rotatable bonds is 8. The van der Waals surface area contributed by atoms with Crippen molar-refractivity contribution in [2.24, 2.45) is 0 Å². The molecule has 10 heteroatoms. The maximum absolute atomic E-state index is 12.7. The van der Waals surface area contributed by atoms with Crippen LogP contribution in [0.4, 0.5) is 0 Å². The molecule has 1 unspecified atom stereocenters. The van der Waals surface area contributed by atoms with Crippen molar-refractivity contribution < 1.29 is 32.5 Å². The Hall–Kier alpha value is -1.94. The highest BCUT2D eigenvalue weighted by Crippen LogP contribution is 2.45. The van der Waals surface area contributed by atoms with E-state index in [-0.39, 0.29) is 11.3 Å². The Bertz CT molecular complexity index is 815. The number of hydrogen-bond acceptors (Lipinski definition) is 7. The SMILES string of the molecule is COc1cccc(OC)c1C1(C)OC(NS(=O)(=O)CCCBr)=C(O)C1=O. The maximum Gasteiger partial charge on any atom is 0.250 e. The third-order valence-electron chi connectivity index (χ3n) is 3.87. The van der Waals surface area contributed by atoms with Crippen molar-refractivity contribution >= 4 is 31.7 Å². The van der Waals surface area contributed by atoms with Gasteiger partial charge in [-0.2, -0.15) is 0 Å². The Morgan fingerprint density at radius 2 is 1.85 bits per heavy atom. The van der Waals surface area contributed by atoms with E-state index in [0.29, 0.717) is 23.2 Å². The van der Waals surface area contributed by atoms with E-state index in [1.54, 1.807) is 18.2 Å². The highest BCUT2D eigenvalue weighted by atomic mass is 79.9. The molecule has 0 saturated carbocycles. The van der Waals surface area contributed by atoms with Gasteiger partial charge in [0.15, 0.2) is 0 Å². The van der Waals surface area contributed by atoms with Gasteiger partial charge >= 0.3 is 0 Å². The van der Waals surface area contributed by atoms with Crippen LogP contribution in [0.5, 0.6) is 11.5 Å². The number of nitrogens with one attached hydrogen (secondary N) is 1. The summed E-state index contributed by atoms with van der Waals surface area (Å²) in [5.74, 6) is -1.71. The first-order chi connectivity index (χ1) is 12.2. The number of methoxy groups -OCH3 is 2. The number of alkyl halides is 1. The second-order valence-corrected chi connectivity index (χ2v) is 8.28. The molecule has 1 aliphatic heterocycles. The third kappa shape index (κ3) is 3.75. The molecule has 1 aromatic rings. The van der Waals surface area contributed by atoms with Crippen molar-refractivity contribution in [1.29, 1.82) is 0 Å². The molecule has 0 aliphatic carbocycles. The average Bonchev–Trinajstić information content (AvgIpc) is 2.83. The van der Waals surface area contributed by atoms with Crippen LogP contribution < -0.4 is 14.2 Å². The summed E-state index contributed by atoms with van der Waals surface area (Å²) in [6.45, 7) is 1.41. The van der Waals surface area contributed by atoms with Gasteiger partial charge in [-0.15, -0.1) is 0 Å². The molecule has 0 radical (unpaired) electrons. The Kier molecular flexibility index (Phi) is 6.07. The molecular weight excluding hydrogens is 430 g/mol. The normalized spacial score (nSPS) is 20.1. The number of hydrogen-bond donors (Lipinski definition) is 2. The van der Waals surface area contributed by atoms with Crippen molar-refractivity contribution in [3.05, 3.63) is 35.4 Å². The van der Waals surface area contributed by atoms with E-state index >= 15 is 0 Å². The van der Waals surface area contributed by atoms with Crippen molar-refractivity contribution in [3.8, 4) is 11.5 Å². The molecule has 2 rings (SSSR count). The summed E-state index contributed by atoms with van der Waals surface area (Å²) >= 11 is 3.15. The zero-order valence-electron chi connectivity index (χ0n) is 14.5. The number of aliphatic hydroxyl groups is 1. The number of ether oxygens (including phenoxy) is 3. The lowest BCUT2D eigenvalue weighted by Gasteiger charge is -2.27. The monoisotopic (exact) mass is 449 g/mol. The minimum absolute atomic E-state index is 0.193. The zero-order valence-corrected chi connectivity index (χ0v) is 16.9. The molecular formula is C16H20BrNO7S. The highest BCUT2D eigenvalue weighted by molar-refractivity contribution is 9.09. The minimum atomic E-state index is -3.78. The second-order valence-electron chi connectivity index (χ2n) is 5.64. The lowest BCUT2D eigenvalue weighted by Crippen LogP contribution is -2.33. The lowest BCUT2D eigenvalue weighted by atomic mass is 9.90. The fourth-order valence-corrected chi connectivity index (χ4v) is 4.32. The van der Waals surface area contributed by atoms with Gasteiger partial charge in [0, 0.05) is 5.33 Å². The lowest BCUT2D eigenvalue weighted by molar-refractivity contribution is -0.132. The van der Waals surface area contributed by atoms with Crippen LogP contribution in [0.2, 0.25) is 0 Å². The van der Waals surface area contributed by atoms with Crippen molar-refractivity contribution in [1.82, 2.24) is 4.72 Å². The van der Waals surface area contributed by atoms with Gasteiger partial charge in [0.2, 0.25) is 27.3 Å². The molecule has 0 fully saturated rings. The molecule has 2 N–H and O–H groups in total. The standard InChI is InChI=1S/C16H20BrNO7S/c1-16(12-10(23-2)6-4-7-11(12)24-3)14(20)13(19)15(25-16)18-26(21,22)9-5-8-17/h4,6-7,18-19H,5,8-9H2,1-3H3. The van der Waals surface area contributed by atoms with Gasteiger partial charge in [-0.25, -0.2) is 8.42 Å². The van der Waals surface area contributed by atoms with Crippen molar-refractivity contribution in [3.63, 3.8) is 0 Å². The largest absolute Gasteiger partial charge is 0.501 e. The van der Waals surface area contributed by atoms with E-state index in [4.69, 9.17) is 14.2 Å². The molecule has 26 heavy (non-hydrogen) atoms. The number of benzene rings is 1. The van der Waals surface area contributed by atoms with Gasteiger partial charge in [0.05, 0.1) is 25.5 Å². The van der Waals surface area contributed by atoms with Crippen LogP contribution in [0, 0.1) is 0 Å². The molecule has 0 amide bonds. The molecule has 0 aromatic heterocycles. The summed E-state index contributed by atoms with van der Waals surface area (Å²) in [5.41, 5.74) is -1.47. The Labute approximate surface area is 160 Å². The van der Waals surface area contributed by atoms with Crippen LogP contribution in [-0.4, -0.2) is 44.6 Å². The molecule has 144 valence electrons. The zero-order chi connectivity index (χ0) is 19.5. The van der Waals surface area contributed by atoms with Crippen LogP contribution in [0.1, 0.15) is 18.9 Å². The quantitative estimate of drug-likeness (QED) is 0.583. The van der Waals surface area contributed by atoms with E-state index in [0.717, 1.165) is 0 Å². The number of Topliss-reactive ketones (excluding diaryl/α,β-unsaturated/α-hetero) is 1. The molecule has 0 bridgehead atoms. The van der Waals surface area contributed by atoms with Crippen LogP contribution in [0.25, 0.3) is 0 Å². The maximum atomic E-state index is 12.7. The van der Waals surface area contributed by atoms with E-state index in [1.165, 1.54) is 21.1 Å². The minimum Gasteiger partial charge on any atom is -0.501 e. The smallest absolute Gasteiger partial charge is 0.250 e. The Morgan fingerprint density at radius 3 is 2.35 bits per heavy atom. The van der Waals surface area contributed by atoms with Crippen molar-refractivity contribution in [2.45, 2.75) is 18.9 Å². The first-order valence-electron chi connectivity index (χ1n) is 7.65. The van der Waals surface area contributed by atoms with E-state index in [2.05, 4.69) is 20.7 Å². The summed E-state index contributed by atoms with van der Waals surface area (Å²) in [7, 11) is -0.955. The number of carbonyl (C=O) groups excluding carboxylic acids is 1. The predicted molar refractivity (Wildman–Crippen MR) is 98.0 cm³/mol. The molecule has 1 atom stereocenters. The van der Waals surface area contributed by atoms with E-state index in [1.807, 2.05) is 0 Å². The molecule has 1 aromatic carbocycles. The predicted octanol–water partition coefficient (Wildman–Crippen LogP) is 1.95. The number of halogens is 1. The van der Waals surface area contributed by atoms with Gasteiger partial charge in [-0.3, -0.25) is 9.52 Å². The number of sulfonamides is 1. The average molecular weight is 450 g/mol. The van der Waals surface area contributed by atoms with Gasteiger partial charge in [-0.1, -0.05) is 22.0 Å². The summed E-state index contributed by atoms with van der Waals surface area (Å²) in [4.78, 5) is 12.7. The summed E-state index contributed by atoms with van der Waals surface area (Å²) in [6.07, 6.45) is 0.356. The fourth-order valence-electron chi connectivity index (χ4n) is 2.62. The van der Waals surface area contributed by atoms with Crippen LogP contribution >= 0.6 is 15.9 Å². The van der Waals surface area contributed by atoms with Crippen LogP contribution in [-0.2, 0) is 25.2 Å². The van der Waals surface area contributed by atoms with Gasteiger partial charge in [0.1, 0.15) is 11.5 Å². The summed E-state index contributed by atoms with van der Waals surface area (Å²) < 4.78 is 42.4. The Balaban J connectivity index is 2.42. The first kappa shape index (κ1) is 20.4. The highest BCUT2D eigenvalue weighted by Gasteiger charge is 2.51. The Morgan fingerprint density at radius 1 is 1.27 bits per heavy atom. The number of ketones is 1. The molecule has 1 heterocycles. The van der Waals surface area contributed by atoms with Crippen LogP contribution in [0.3, 0.4) is 0 Å². The number of aliphatic hydroxyl groups excluding tert-OH is 1. The van der Waals surface area contributed by atoms with Gasteiger partial charge in [0.25, 0.3) is 5.78 Å². The summed E-state index contributed by atoms with van der Waals surface area (Å²) in [6, 6.07) is 4.88. The number of carbonyl (C=O) groups is 1. The van der Waals surface area contributed by atoms with Gasteiger partial charge < -0.3 is 19.3 Å². The van der Waals surface area contributed by atoms with E-state index < -0.39 is 33.0 Å². The van der Waals surface area contributed by atoms with Crippen molar-refractivity contribution in [2.75, 3.05) is 25.3 Å². The summed E-state index contributed by atoms with van der Waals surface area (Å²) in [5, 5.41) is 10.7. The molecule has 8 nitrogen and oxygen atoms in total. The molecule has 0 spiro atoms. The molecule has 0 saturated heterocycles. The molecule has 1 aliphatic rings. The second kappa shape index (κ2) is 7.75. The first-order valence-corrected chi connectivity index (χ1v) is 10.4. The van der Waals surface area contributed by atoms with Gasteiger partial charge in [-0.05, 0) is 25.5 Å². The van der Waals surface area contributed by atoms with Crippen LogP contribution in [0.15, 0.2) is 29.8 Å². The fraction of sp³-hybridized carbons (Fsp3) is 0.438.